The van der Waals surface area contributed by atoms with Crippen molar-refractivity contribution in [3.63, 3.8) is 0 Å². The predicted molar refractivity (Wildman–Crippen MR) is 62.2 cm³/mol. The fourth-order valence-corrected chi connectivity index (χ4v) is 0.757. The van der Waals surface area contributed by atoms with Crippen LogP contribution >= 0.6 is 0 Å². The van der Waals surface area contributed by atoms with E-state index in [1.54, 1.807) is 0 Å². The number of guanidine groups is 2. The SMILES string of the molecule is CCN=C(N)NC(N)=NCCOC(=O)NC. The maximum Gasteiger partial charge on any atom is 0.406 e. The minimum Gasteiger partial charge on any atom is -0.448 e. The molecular weight excluding hydrogens is 212 g/mol. The fraction of sp³-hybridized carbons (Fsp3) is 0.625. The highest BCUT2D eigenvalue weighted by molar-refractivity contribution is 5.96. The van der Waals surface area contributed by atoms with E-state index in [2.05, 4.69) is 20.6 Å². The molecule has 8 heteroatoms. The molecule has 0 atom stereocenters. The maximum atomic E-state index is 10.7. The summed E-state index contributed by atoms with van der Waals surface area (Å²) in [6, 6.07) is 0. The first kappa shape index (κ1) is 14.0. The van der Waals surface area contributed by atoms with Crippen LogP contribution in [-0.4, -0.2) is 44.8 Å². The van der Waals surface area contributed by atoms with Crippen molar-refractivity contribution in [2.75, 3.05) is 26.7 Å². The third kappa shape index (κ3) is 7.42. The lowest BCUT2D eigenvalue weighted by molar-refractivity contribution is 0.152. The molecule has 0 saturated carbocycles. The monoisotopic (exact) mass is 230 g/mol. The Kier molecular flexibility index (Phi) is 7.29. The Morgan fingerprint density at radius 1 is 1.31 bits per heavy atom. The molecule has 0 aliphatic rings. The Morgan fingerprint density at radius 3 is 2.50 bits per heavy atom. The van der Waals surface area contributed by atoms with Crippen LogP contribution < -0.4 is 22.1 Å². The first-order valence-corrected chi connectivity index (χ1v) is 4.81. The number of nitrogens with one attached hydrogen (secondary N) is 2. The smallest absolute Gasteiger partial charge is 0.406 e. The Hall–Kier alpha value is -1.99. The van der Waals surface area contributed by atoms with Gasteiger partial charge in [0.05, 0.1) is 6.54 Å². The summed E-state index contributed by atoms with van der Waals surface area (Å²) in [6.45, 7) is 2.81. The van der Waals surface area contributed by atoms with Crippen LogP contribution in [0.2, 0.25) is 0 Å². The van der Waals surface area contributed by atoms with E-state index in [4.69, 9.17) is 16.2 Å². The minimum atomic E-state index is -0.506. The molecule has 0 saturated heterocycles. The highest BCUT2D eigenvalue weighted by Crippen LogP contribution is 1.78. The third-order valence-electron chi connectivity index (χ3n) is 1.40. The summed E-state index contributed by atoms with van der Waals surface area (Å²) < 4.78 is 4.69. The van der Waals surface area contributed by atoms with E-state index in [9.17, 15) is 4.79 Å². The molecule has 0 radical (unpaired) electrons. The van der Waals surface area contributed by atoms with Gasteiger partial charge in [-0.2, -0.15) is 0 Å². The molecule has 1 amide bonds. The molecule has 0 heterocycles. The van der Waals surface area contributed by atoms with Crippen molar-refractivity contribution in [2.24, 2.45) is 21.5 Å². The molecule has 0 bridgehead atoms. The molecule has 0 aliphatic carbocycles. The zero-order chi connectivity index (χ0) is 12.4. The fourth-order valence-electron chi connectivity index (χ4n) is 0.757. The average Bonchev–Trinajstić information content (AvgIpc) is 2.24. The zero-order valence-corrected chi connectivity index (χ0v) is 9.49. The van der Waals surface area contributed by atoms with Gasteiger partial charge in [-0.1, -0.05) is 0 Å². The molecule has 92 valence electrons. The summed E-state index contributed by atoms with van der Waals surface area (Å²) >= 11 is 0. The van der Waals surface area contributed by atoms with Crippen LogP contribution in [0.15, 0.2) is 9.98 Å². The first-order chi connectivity index (χ1) is 7.60. The van der Waals surface area contributed by atoms with Crippen molar-refractivity contribution in [3.05, 3.63) is 0 Å². The van der Waals surface area contributed by atoms with Gasteiger partial charge < -0.3 is 21.5 Å². The largest absolute Gasteiger partial charge is 0.448 e. The highest BCUT2D eigenvalue weighted by atomic mass is 16.5. The zero-order valence-electron chi connectivity index (χ0n) is 9.49. The molecule has 16 heavy (non-hydrogen) atoms. The molecule has 0 aromatic rings. The van der Waals surface area contributed by atoms with Crippen molar-refractivity contribution < 1.29 is 9.53 Å². The molecule has 0 aromatic heterocycles. The molecule has 6 N–H and O–H groups in total. The van der Waals surface area contributed by atoms with Gasteiger partial charge in [0.15, 0.2) is 11.9 Å². The van der Waals surface area contributed by atoms with E-state index in [0.29, 0.717) is 6.54 Å². The Bertz CT molecular complexity index is 276. The van der Waals surface area contributed by atoms with E-state index >= 15 is 0 Å². The number of carbonyl (C=O) groups excluding carboxylic acids is 1. The van der Waals surface area contributed by atoms with Gasteiger partial charge in [0.2, 0.25) is 0 Å². The molecule has 0 rings (SSSR count). The number of hydrogen-bond acceptors (Lipinski definition) is 4. The number of amides is 1. The molecule has 0 aliphatic heterocycles. The van der Waals surface area contributed by atoms with Crippen LogP contribution in [0.4, 0.5) is 4.79 Å². The number of carbonyl (C=O) groups is 1. The summed E-state index contributed by atoms with van der Waals surface area (Å²) in [5.74, 6) is 0.339. The summed E-state index contributed by atoms with van der Waals surface area (Å²) in [7, 11) is 1.48. The van der Waals surface area contributed by atoms with Crippen LogP contribution in [0.3, 0.4) is 0 Å². The third-order valence-corrected chi connectivity index (χ3v) is 1.40. The maximum absolute atomic E-state index is 10.7. The van der Waals surface area contributed by atoms with Gasteiger partial charge in [0, 0.05) is 13.6 Å². The van der Waals surface area contributed by atoms with Gasteiger partial charge in [-0.25, -0.2) is 9.79 Å². The van der Waals surface area contributed by atoms with Gasteiger partial charge in [-0.05, 0) is 6.92 Å². The normalized spacial score (nSPS) is 12.1. The van der Waals surface area contributed by atoms with Gasteiger partial charge in [0.1, 0.15) is 6.61 Å². The topological polar surface area (TPSA) is 127 Å². The first-order valence-electron chi connectivity index (χ1n) is 4.81. The molecule has 0 unspecified atom stereocenters. The number of hydrogen-bond donors (Lipinski definition) is 4. The standard InChI is InChI=1S/C8H18N6O2/c1-3-12-6(9)14-7(10)13-4-5-16-8(15)11-2/h3-5H2,1-2H3,(H,11,15)(H5,9,10,12,13,14). The lowest BCUT2D eigenvalue weighted by Gasteiger charge is -2.04. The second-order valence-electron chi connectivity index (χ2n) is 2.64. The van der Waals surface area contributed by atoms with Crippen LogP contribution in [0.5, 0.6) is 0 Å². The average molecular weight is 230 g/mol. The summed E-state index contributed by atoms with van der Waals surface area (Å²) in [6.07, 6.45) is -0.506. The second-order valence-corrected chi connectivity index (χ2v) is 2.64. The molecule has 8 nitrogen and oxygen atoms in total. The van der Waals surface area contributed by atoms with Crippen molar-refractivity contribution >= 4 is 18.0 Å². The highest BCUT2D eigenvalue weighted by Gasteiger charge is 1.97. The van der Waals surface area contributed by atoms with Crippen LogP contribution in [0.25, 0.3) is 0 Å². The lowest BCUT2D eigenvalue weighted by atomic mass is 10.7. The van der Waals surface area contributed by atoms with Gasteiger partial charge in [-0.15, -0.1) is 0 Å². The van der Waals surface area contributed by atoms with Crippen molar-refractivity contribution in [1.29, 1.82) is 0 Å². The van der Waals surface area contributed by atoms with E-state index in [1.165, 1.54) is 7.05 Å². The Balaban J connectivity index is 3.79. The number of rotatable bonds is 4. The van der Waals surface area contributed by atoms with Crippen molar-refractivity contribution in [3.8, 4) is 0 Å². The van der Waals surface area contributed by atoms with Gasteiger partial charge in [-0.3, -0.25) is 10.3 Å². The molecular formula is C8H18N6O2. The molecule has 0 spiro atoms. The van der Waals surface area contributed by atoms with Crippen molar-refractivity contribution in [1.82, 2.24) is 10.6 Å². The minimum absolute atomic E-state index is 0.134. The molecule has 0 aromatic carbocycles. The molecule has 0 fully saturated rings. The van der Waals surface area contributed by atoms with E-state index in [1.807, 2.05) is 6.92 Å². The summed E-state index contributed by atoms with van der Waals surface area (Å²) in [5.41, 5.74) is 10.9. The number of nitrogens with zero attached hydrogens (tertiary/aromatic N) is 2. The van der Waals surface area contributed by atoms with Crippen LogP contribution in [-0.2, 0) is 4.74 Å². The van der Waals surface area contributed by atoms with E-state index in [0.717, 1.165) is 0 Å². The summed E-state index contributed by atoms with van der Waals surface area (Å²) in [4.78, 5) is 18.4. The Morgan fingerprint density at radius 2 is 1.94 bits per heavy atom. The second kappa shape index (κ2) is 8.33. The summed E-state index contributed by atoms with van der Waals surface area (Å²) in [5, 5.41) is 4.89. The van der Waals surface area contributed by atoms with Gasteiger partial charge >= 0.3 is 6.09 Å². The van der Waals surface area contributed by atoms with Crippen molar-refractivity contribution in [2.45, 2.75) is 6.92 Å². The van der Waals surface area contributed by atoms with E-state index in [-0.39, 0.29) is 25.1 Å². The number of ether oxygens (including phenoxy) is 1. The van der Waals surface area contributed by atoms with Crippen LogP contribution in [0.1, 0.15) is 6.92 Å². The lowest BCUT2D eigenvalue weighted by Crippen LogP contribution is -2.41. The number of nitrogens with two attached hydrogens (primary N) is 2. The number of alkyl carbamates (subject to hydrolysis) is 1. The number of aliphatic imine (C=N–C) groups is 2. The Labute approximate surface area is 94.1 Å². The van der Waals surface area contributed by atoms with Crippen LogP contribution in [0, 0.1) is 0 Å². The quantitative estimate of drug-likeness (QED) is 0.268. The van der Waals surface area contributed by atoms with Gasteiger partial charge in [0.25, 0.3) is 0 Å². The predicted octanol–water partition coefficient (Wildman–Crippen LogP) is -1.42. The van der Waals surface area contributed by atoms with E-state index < -0.39 is 6.09 Å².